The van der Waals surface area contributed by atoms with E-state index >= 15 is 0 Å². The maximum atomic E-state index is 4.61. The fourth-order valence-corrected chi connectivity index (χ4v) is 2.62. The van der Waals surface area contributed by atoms with Crippen LogP contribution in [0.5, 0.6) is 0 Å². The summed E-state index contributed by atoms with van der Waals surface area (Å²) in [4.78, 5) is 12.6. The third kappa shape index (κ3) is 6.01. The number of aromatic amines is 1. The van der Waals surface area contributed by atoms with Gasteiger partial charge in [-0.15, -0.1) is 24.0 Å². The summed E-state index contributed by atoms with van der Waals surface area (Å²) in [7, 11) is 0. The molecule has 0 spiro atoms. The molecule has 2 aromatic heterocycles. The number of guanidine groups is 1. The van der Waals surface area contributed by atoms with Crippen LogP contribution < -0.4 is 10.6 Å². The second-order valence-electron chi connectivity index (χ2n) is 5.76. The summed E-state index contributed by atoms with van der Waals surface area (Å²) in [5.41, 5.74) is 2.09. The monoisotopic (exact) mass is 467 g/mol. The van der Waals surface area contributed by atoms with Gasteiger partial charge in [0.05, 0.1) is 11.0 Å². The molecule has 0 bridgehead atoms. The van der Waals surface area contributed by atoms with Crippen molar-refractivity contribution in [1.82, 2.24) is 30.4 Å². The fourth-order valence-electron chi connectivity index (χ4n) is 2.62. The number of imidazole rings is 1. The second-order valence-corrected chi connectivity index (χ2v) is 5.76. The van der Waals surface area contributed by atoms with E-state index in [1.54, 1.807) is 6.20 Å². The molecule has 2 heterocycles. The highest BCUT2D eigenvalue weighted by Crippen LogP contribution is 2.10. The van der Waals surface area contributed by atoms with E-state index in [4.69, 9.17) is 0 Å². The zero-order chi connectivity index (χ0) is 17.3. The molecule has 0 aliphatic heterocycles. The molecule has 3 N–H and O–H groups in total. The lowest BCUT2D eigenvalue weighted by atomic mass is 10.3. The zero-order valence-electron chi connectivity index (χ0n) is 15.0. The molecule has 0 aliphatic rings. The summed E-state index contributed by atoms with van der Waals surface area (Å²) >= 11 is 0. The van der Waals surface area contributed by atoms with Gasteiger partial charge in [0.1, 0.15) is 5.82 Å². The number of nitrogens with zero attached hydrogens (tertiary/aromatic N) is 4. The van der Waals surface area contributed by atoms with E-state index in [0.29, 0.717) is 0 Å². The third-order valence-electron chi connectivity index (χ3n) is 3.81. The molecule has 26 heavy (non-hydrogen) atoms. The van der Waals surface area contributed by atoms with Gasteiger partial charge in [-0.25, -0.2) is 4.98 Å². The van der Waals surface area contributed by atoms with Crippen molar-refractivity contribution in [2.45, 2.75) is 26.3 Å². The number of fused-ring (bicyclic) bond motifs is 1. The standard InChI is InChI=1S/C18H25N7.HI/c1-2-19-18(20-10-5-13-25-14-6-11-22-25)21-12-9-17-23-15-7-3-4-8-16(15)24-17;/h3-4,6-8,11,14H,2,5,9-10,12-13H2,1H3,(H,23,24)(H2,19,20,21);1H. The van der Waals surface area contributed by atoms with Gasteiger partial charge in [0.2, 0.25) is 0 Å². The average molecular weight is 467 g/mol. The summed E-state index contributed by atoms with van der Waals surface area (Å²) in [6, 6.07) is 10.0. The number of H-pyrrole nitrogens is 1. The first-order valence-electron chi connectivity index (χ1n) is 8.78. The predicted molar refractivity (Wildman–Crippen MR) is 116 cm³/mol. The molecule has 0 amide bonds. The molecule has 0 aliphatic carbocycles. The Morgan fingerprint density at radius 1 is 1.23 bits per heavy atom. The van der Waals surface area contributed by atoms with Crippen molar-refractivity contribution in [1.29, 1.82) is 0 Å². The quantitative estimate of drug-likeness (QED) is 0.206. The van der Waals surface area contributed by atoms with Gasteiger partial charge < -0.3 is 15.6 Å². The van der Waals surface area contributed by atoms with Gasteiger partial charge in [0.15, 0.2) is 5.96 Å². The summed E-state index contributed by atoms with van der Waals surface area (Å²) < 4.78 is 1.93. The fraction of sp³-hybridized carbons (Fsp3) is 0.389. The number of hydrogen-bond acceptors (Lipinski definition) is 3. The Morgan fingerprint density at radius 3 is 2.88 bits per heavy atom. The normalized spacial score (nSPS) is 11.3. The largest absolute Gasteiger partial charge is 0.357 e. The minimum absolute atomic E-state index is 0. The third-order valence-corrected chi connectivity index (χ3v) is 3.81. The molecular weight excluding hydrogens is 441 g/mol. The second kappa shape index (κ2) is 10.8. The van der Waals surface area contributed by atoms with Crippen LogP contribution in [0.4, 0.5) is 0 Å². The maximum Gasteiger partial charge on any atom is 0.191 e. The van der Waals surface area contributed by atoms with Crippen molar-refractivity contribution in [2.75, 3.05) is 19.6 Å². The highest BCUT2D eigenvalue weighted by Gasteiger charge is 2.02. The molecule has 3 rings (SSSR count). The Morgan fingerprint density at radius 2 is 2.12 bits per heavy atom. The van der Waals surface area contributed by atoms with Crippen LogP contribution in [0.25, 0.3) is 11.0 Å². The Balaban J connectivity index is 0.00000243. The Bertz CT molecular complexity index is 762. The molecule has 0 saturated heterocycles. The van der Waals surface area contributed by atoms with Crippen LogP contribution in [0.15, 0.2) is 47.7 Å². The molecular formula is C18H26IN7. The lowest BCUT2D eigenvalue weighted by molar-refractivity contribution is 0.584. The number of nitrogens with one attached hydrogen (secondary N) is 3. The van der Waals surface area contributed by atoms with Crippen LogP contribution in [0.3, 0.4) is 0 Å². The smallest absolute Gasteiger partial charge is 0.191 e. The van der Waals surface area contributed by atoms with E-state index in [-0.39, 0.29) is 24.0 Å². The summed E-state index contributed by atoms with van der Waals surface area (Å²) in [6.07, 6.45) is 5.56. The van der Waals surface area contributed by atoms with Crippen LogP contribution >= 0.6 is 24.0 Å². The molecule has 0 fully saturated rings. The van der Waals surface area contributed by atoms with Crippen LogP contribution in [-0.4, -0.2) is 45.3 Å². The van der Waals surface area contributed by atoms with Gasteiger partial charge in [-0.1, -0.05) is 12.1 Å². The maximum absolute atomic E-state index is 4.61. The Kier molecular flexibility index (Phi) is 8.39. The highest BCUT2D eigenvalue weighted by atomic mass is 127. The van der Waals surface area contributed by atoms with E-state index in [2.05, 4.69) is 37.6 Å². The summed E-state index contributed by atoms with van der Waals surface area (Å²) in [5, 5.41) is 10.8. The van der Waals surface area contributed by atoms with Crippen LogP contribution in [-0.2, 0) is 13.0 Å². The number of aliphatic imine (C=N–C) groups is 1. The molecule has 3 aromatic rings. The minimum atomic E-state index is 0. The lowest BCUT2D eigenvalue weighted by Crippen LogP contribution is -2.38. The molecule has 0 radical (unpaired) electrons. The Hall–Kier alpha value is -2.10. The van der Waals surface area contributed by atoms with Gasteiger partial charge >= 0.3 is 0 Å². The van der Waals surface area contributed by atoms with Crippen molar-refractivity contribution in [3.63, 3.8) is 0 Å². The van der Waals surface area contributed by atoms with E-state index in [1.165, 1.54) is 0 Å². The van der Waals surface area contributed by atoms with Gasteiger partial charge in [-0.05, 0) is 31.5 Å². The first-order valence-corrected chi connectivity index (χ1v) is 8.78. The minimum Gasteiger partial charge on any atom is -0.357 e. The zero-order valence-corrected chi connectivity index (χ0v) is 17.3. The van der Waals surface area contributed by atoms with Crippen molar-refractivity contribution >= 4 is 41.0 Å². The lowest BCUT2D eigenvalue weighted by Gasteiger charge is -2.10. The van der Waals surface area contributed by atoms with Gasteiger partial charge in [0, 0.05) is 45.0 Å². The number of aryl methyl sites for hydroxylation is 1. The highest BCUT2D eigenvalue weighted by molar-refractivity contribution is 14.0. The predicted octanol–water partition coefficient (Wildman–Crippen LogP) is 2.57. The van der Waals surface area contributed by atoms with Crippen molar-refractivity contribution < 1.29 is 0 Å². The van der Waals surface area contributed by atoms with E-state index in [9.17, 15) is 0 Å². The number of halogens is 1. The van der Waals surface area contributed by atoms with Crippen LogP contribution in [0.2, 0.25) is 0 Å². The van der Waals surface area contributed by atoms with Crippen LogP contribution in [0, 0.1) is 0 Å². The first kappa shape index (κ1) is 20.2. The molecule has 0 atom stereocenters. The summed E-state index contributed by atoms with van der Waals surface area (Å²) in [5.74, 6) is 1.84. The molecule has 0 saturated carbocycles. The number of rotatable bonds is 8. The molecule has 140 valence electrons. The average Bonchev–Trinajstić information content (AvgIpc) is 3.27. The van der Waals surface area contributed by atoms with Gasteiger partial charge in [-0.3, -0.25) is 9.67 Å². The van der Waals surface area contributed by atoms with Gasteiger partial charge in [-0.2, -0.15) is 5.10 Å². The number of para-hydroxylation sites is 2. The van der Waals surface area contributed by atoms with Crippen LogP contribution in [0.1, 0.15) is 19.2 Å². The number of aromatic nitrogens is 4. The van der Waals surface area contributed by atoms with Crippen molar-refractivity contribution in [2.24, 2.45) is 4.99 Å². The SMILES string of the molecule is CCNC(=NCCCn1cccn1)NCCc1nc2ccccc2[nH]1.I. The molecule has 8 heteroatoms. The van der Waals surface area contributed by atoms with E-state index in [0.717, 1.165) is 61.8 Å². The molecule has 1 aromatic carbocycles. The van der Waals surface area contributed by atoms with E-state index in [1.807, 2.05) is 41.2 Å². The molecule has 7 nitrogen and oxygen atoms in total. The first-order chi connectivity index (χ1) is 12.3. The summed E-state index contributed by atoms with van der Waals surface area (Å²) in [6.45, 7) is 5.34. The molecule has 0 unspecified atom stereocenters. The topological polar surface area (TPSA) is 82.9 Å². The number of benzene rings is 1. The van der Waals surface area contributed by atoms with Gasteiger partial charge in [0.25, 0.3) is 0 Å². The van der Waals surface area contributed by atoms with E-state index < -0.39 is 0 Å². The number of hydrogen-bond donors (Lipinski definition) is 3. The van der Waals surface area contributed by atoms with Crippen molar-refractivity contribution in [3.05, 3.63) is 48.5 Å². The van der Waals surface area contributed by atoms with Crippen molar-refractivity contribution in [3.8, 4) is 0 Å². The Labute approximate surface area is 170 Å².